The lowest BCUT2D eigenvalue weighted by molar-refractivity contribution is -0.436. The van der Waals surface area contributed by atoms with Crippen LogP contribution in [0.2, 0.25) is 0 Å². The van der Waals surface area contributed by atoms with E-state index < -0.39 is 71.4 Å². The number of hydrogen-bond acceptors (Lipinski definition) is 7. The average molecular weight is 922 g/mol. The van der Waals surface area contributed by atoms with Crippen molar-refractivity contribution in [1.82, 2.24) is 10.6 Å². The minimum Gasteiger partial charge on any atom is -0.481 e. The quantitative estimate of drug-likeness (QED) is 0.0369. The highest BCUT2D eigenvalue weighted by molar-refractivity contribution is 6.03. The number of hydrogen-bond donors (Lipinski definition) is 6. The van der Waals surface area contributed by atoms with Crippen molar-refractivity contribution in [1.29, 1.82) is 0 Å². The van der Waals surface area contributed by atoms with Crippen LogP contribution in [0, 0.1) is 0 Å². The first-order valence-electron chi connectivity index (χ1n) is 22.3. The molecule has 6 N–H and O–H groups in total. The largest absolute Gasteiger partial charge is 0.481 e. The van der Waals surface area contributed by atoms with Crippen LogP contribution in [-0.4, -0.2) is 91.6 Å². The number of carbonyl (C=O) groups excluding carboxylic acids is 2. The fourth-order valence-electron chi connectivity index (χ4n) is 8.80. The third-order valence-electron chi connectivity index (χ3n) is 12.4. The number of nitrogens with one attached hydrogen (secondary N) is 2. The molecule has 2 aliphatic rings. The lowest BCUT2D eigenvalue weighted by Crippen LogP contribution is -2.43. The van der Waals surface area contributed by atoms with Gasteiger partial charge in [-0.05, 0) is 78.9 Å². The normalized spacial score (nSPS) is 16.4. The molecule has 4 aromatic rings. The second-order valence-corrected chi connectivity index (χ2v) is 17.9. The highest BCUT2D eigenvalue weighted by Crippen LogP contribution is 2.49. The zero-order valence-corrected chi connectivity index (χ0v) is 38.7. The highest BCUT2D eigenvalue weighted by atomic mass is 16.4. The molecule has 0 radical (unpaired) electrons. The smallest absolute Gasteiger partial charge is 0.326 e. The van der Waals surface area contributed by atoms with Gasteiger partial charge in [-0.15, -0.1) is 0 Å². The fourth-order valence-corrected chi connectivity index (χ4v) is 8.80. The summed E-state index contributed by atoms with van der Waals surface area (Å²) in [5, 5.41) is 42.1. The molecule has 4 aromatic carbocycles. The Bertz CT molecular complexity index is 2770. The highest BCUT2D eigenvalue weighted by Gasteiger charge is 2.45. The number of carbonyl (C=O) groups is 6. The Morgan fingerprint density at radius 3 is 1.72 bits per heavy atom. The van der Waals surface area contributed by atoms with Crippen molar-refractivity contribution in [3.8, 4) is 22.3 Å². The SMILES string of the molecule is CC(/C=C/C=C1/N(CCC(=O)NC(CC(=O)O)C(=O)O)c2ccc(-c3ccccc3)cc2C1(C)C)=C\C=C\C1=[N+](CCC(=O)NC(CC(=O)O)C(=O)O)c2ccc(-c3ccccc3)cc2C1(C)C. The van der Waals surface area contributed by atoms with Crippen LogP contribution in [-0.2, 0) is 39.6 Å². The van der Waals surface area contributed by atoms with Crippen LogP contribution < -0.4 is 15.5 Å². The number of carboxylic acids is 4. The van der Waals surface area contributed by atoms with Gasteiger partial charge in [0.2, 0.25) is 17.5 Å². The van der Waals surface area contributed by atoms with Gasteiger partial charge in [-0.2, -0.15) is 4.58 Å². The molecule has 0 fully saturated rings. The molecule has 2 aliphatic heterocycles. The molecule has 0 saturated heterocycles. The van der Waals surface area contributed by atoms with Gasteiger partial charge in [0.15, 0.2) is 12.3 Å². The van der Waals surface area contributed by atoms with Crippen LogP contribution >= 0.6 is 0 Å². The molecule has 0 spiro atoms. The molecule has 2 unspecified atom stereocenters. The third-order valence-corrected chi connectivity index (χ3v) is 12.4. The summed E-state index contributed by atoms with van der Waals surface area (Å²) < 4.78 is 2.04. The number of carboxylic acid groups (broad SMARTS) is 4. The Labute approximate surface area is 395 Å². The molecule has 0 saturated carbocycles. The van der Waals surface area contributed by atoms with Gasteiger partial charge < -0.3 is 36.0 Å². The summed E-state index contributed by atoms with van der Waals surface area (Å²) in [6.07, 6.45) is 10.1. The number of aliphatic carboxylic acids is 4. The first kappa shape index (κ1) is 49.6. The number of amides is 2. The molecule has 352 valence electrons. The third kappa shape index (κ3) is 11.6. The summed E-state index contributed by atoms with van der Waals surface area (Å²) in [6, 6.07) is 29.3. The second-order valence-electron chi connectivity index (χ2n) is 17.9. The Morgan fingerprint density at radius 2 is 1.18 bits per heavy atom. The predicted molar refractivity (Wildman–Crippen MR) is 260 cm³/mol. The summed E-state index contributed by atoms with van der Waals surface area (Å²) in [7, 11) is 0. The summed E-state index contributed by atoms with van der Waals surface area (Å²) >= 11 is 0. The molecule has 0 aliphatic carbocycles. The molecular formula is C54H57N4O10+. The Morgan fingerprint density at radius 1 is 0.647 bits per heavy atom. The van der Waals surface area contributed by atoms with Gasteiger partial charge in [0.25, 0.3) is 0 Å². The Balaban J connectivity index is 1.28. The zero-order valence-electron chi connectivity index (χ0n) is 38.7. The van der Waals surface area contributed by atoms with Gasteiger partial charge in [-0.25, -0.2) is 9.59 Å². The summed E-state index contributed by atoms with van der Waals surface area (Å²) in [5.41, 5.74) is 9.72. The number of anilines is 1. The Hall–Kier alpha value is -7.87. The van der Waals surface area contributed by atoms with Crippen LogP contribution in [0.3, 0.4) is 0 Å². The maximum absolute atomic E-state index is 13.1. The van der Waals surface area contributed by atoms with Gasteiger partial charge in [-0.1, -0.05) is 110 Å². The van der Waals surface area contributed by atoms with Crippen molar-refractivity contribution in [3.05, 3.63) is 156 Å². The molecule has 2 heterocycles. The number of nitrogens with zero attached hydrogens (tertiary/aromatic N) is 2. The monoisotopic (exact) mass is 921 g/mol. The van der Waals surface area contributed by atoms with E-state index in [9.17, 15) is 49.2 Å². The van der Waals surface area contributed by atoms with Crippen molar-refractivity contribution < 1.29 is 53.8 Å². The van der Waals surface area contributed by atoms with E-state index >= 15 is 0 Å². The maximum Gasteiger partial charge on any atom is 0.326 e. The van der Waals surface area contributed by atoms with Crippen LogP contribution in [0.25, 0.3) is 22.3 Å². The molecule has 14 nitrogen and oxygen atoms in total. The lowest BCUT2D eigenvalue weighted by atomic mass is 9.80. The van der Waals surface area contributed by atoms with Gasteiger partial charge in [0, 0.05) is 47.5 Å². The van der Waals surface area contributed by atoms with Crippen LogP contribution in [0.4, 0.5) is 11.4 Å². The van der Waals surface area contributed by atoms with Crippen molar-refractivity contribution in [2.24, 2.45) is 0 Å². The van der Waals surface area contributed by atoms with E-state index in [1.807, 2.05) is 138 Å². The van der Waals surface area contributed by atoms with Crippen LogP contribution in [0.15, 0.2) is 145 Å². The average Bonchev–Trinajstić information content (AvgIpc) is 3.64. The van der Waals surface area contributed by atoms with Crippen LogP contribution in [0.1, 0.15) is 71.4 Å². The van der Waals surface area contributed by atoms with E-state index in [1.54, 1.807) is 0 Å². The van der Waals surface area contributed by atoms with E-state index in [-0.39, 0.29) is 25.9 Å². The van der Waals surface area contributed by atoms with E-state index in [0.29, 0.717) is 0 Å². The summed E-state index contributed by atoms with van der Waals surface area (Å²) in [5.74, 6) is -6.69. The standard InChI is InChI=1S/C54H56N4O10/c1-34(14-12-20-45-53(2,3)39-30-37(35-16-8-6-9-17-35)22-24-43(39)57(45)28-26-47(59)55-41(51(65)66)32-49(61)62)15-13-21-46-54(4,5)40-31-38(36-18-10-7-11-19-36)23-25-44(40)58(46)29-27-48(60)56-42(52(67)68)33-50(63)64/h6-25,30-31,41-42H,26-29,32-33H2,1-5H3,(H5-,55,56,59,60,61,62,63,64,65,66,67,68)/p+1. The fraction of sp³-hybridized carbons (Fsp3) is 0.278. The minimum absolute atomic E-state index is 0.0913. The number of rotatable bonds is 20. The van der Waals surface area contributed by atoms with Crippen molar-refractivity contribution in [2.45, 2.75) is 83.2 Å². The summed E-state index contributed by atoms with van der Waals surface area (Å²) in [4.78, 5) is 74.1. The number of allylic oxidation sites excluding steroid dienone is 8. The lowest BCUT2D eigenvalue weighted by Gasteiger charge is -2.27. The Kier molecular flexibility index (Phi) is 15.4. The zero-order chi connectivity index (χ0) is 49.3. The molecule has 2 amide bonds. The van der Waals surface area contributed by atoms with Gasteiger partial charge in [0.1, 0.15) is 12.1 Å². The van der Waals surface area contributed by atoms with Gasteiger partial charge in [-0.3, -0.25) is 19.2 Å². The van der Waals surface area contributed by atoms with Crippen molar-refractivity contribution >= 4 is 52.8 Å². The molecule has 0 aromatic heterocycles. The van der Waals surface area contributed by atoms with E-state index in [2.05, 4.69) is 50.5 Å². The van der Waals surface area contributed by atoms with Gasteiger partial charge >= 0.3 is 23.9 Å². The molecule has 2 atom stereocenters. The number of benzene rings is 4. The van der Waals surface area contributed by atoms with Crippen LogP contribution in [0.5, 0.6) is 0 Å². The first-order valence-corrected chi connectivity index (χ1v) is 22.3. The molecule has 0 bridgehead atoms. The minimum atomic E-state index is -1.56. The number of fused-ring (bicyclic) bond motifs is 2. The van der Waals surface area contributed by atoms with E-state index in [0.717, 1.165) is 61.7 Å². The van der Waals surface area contributed by atoms with Crippen molar-refractivity contribution in [2.75, 3.05) is 18.0 Å². The molecular weight excluding hydrogens is 865 g/mol. The van der Waals surface area contributed by atoms with Crippen molar-refractivity contribution in [3.63, 3.8) is 0 Å². The van der Waals surface area contributed by atoms with E-state index in [1.165, 1.54) is 0 Å². The topological polar surface area (TPSA) is 214 Å². The molecule has 6 rings (SSSR count). The molecule has 68 heavy (non-hydrogen) atoms. The molecule has 14 heteroatoms. The first-order chi connectivity index (χ1) is 32.3. The van der Waals surface area contributed by atoms with Gasteiger partial charge in [0.05, 0.1) is 24.7 Å². The maximum atomic E-state index is 13.1. The van der Waals surface area contributed by atoms with E-state index in [4.69, 9.17) is 0 Å². The second kappa shape index (κ2) is 21.2. The summed E-state index contributed by atoms with van der Waals surface area (Å²) in [6.45, 7) is 10.8. The predicted octanol–water partition coefficient (Wildman–Crippen LogP) is 8.01.